The van der Waals surface area contributed by atoms with Crippen LogP contribution in [0.1, 0.15) is 25.7 Å². The monoisotopic (exact) mass is 505 g/mol. The number of piperidine rings is 1. The third-order valence-electron chi connectivity index (χ3n) is 7.12. The van der Waals surface area contributed by atoms with E-state index in [1.165, 1.54) is 5.01 Å². The van der Waals surface area contributed by atoms with Crippen LogP contribution in [0, 0.1) is 0 Å². The number of anilines is 3. The summed E-state index contributed by atoms with van der Waals surface area (Å²) in [5.41, 5.74) is 2.73. The highest BCUT2D eigenvalue weighted by Gasteiger charge is 2.46. The molecule has 0 radical (unpaired) electrons. The first kappa shape index (κ1) is 24.8. The van der Waals surface area contributed by atoms with Crippen LogP contribution in [-0.4, -0.2) is 67.3 Å². The number of methoxy groups -OCH3 is 1. The summed E-state index contributed by atoms with van der Waals surface area (Å²) in [4.78, 5) is 41.8. The molecule has 0 aliphatic carbocycles. The van der Waals surface area contributed by atoms with Gasteiger partial charge in [0.15, 0.2) is 0 Å². The van der Waals surface area contributed by atoms with Gasteiger partial charge in [-0.05, 0) is 73.4 Å². The molecule has 0 bridgehead atoms. The number of nitrogens with zero attached hydrogens (tertiary/aromatic N) is 4. The Morgan fingerprint density at radius 2 is 1.59 bits per heavy atom. The fourth-order valence-electron chi connectivity index (χ4n) is 5.37. The highest BCUT2D eigenvalue weighted by molar-refractivity contribution is 6.11. The summed E-state index contributed by atoms with van der Waals surface area (Å²) in [5, 5.41) is 25.0. The zero-order chi connectivity index (χ0) is 26.1. The van der Waals surface area contributed by atoms with Gasteiger partial charge in [-0.1, -0.05) is 0 Å². The number of hydrazine groups is 1. The second-order valence-corrected chi connectivity index (χ2v) is 9.22. The predicted molar refractivity (Wildman–Crippen MR) is 135 cm³/mol. The van der Waals surface area contributed by atoms with Gasteiger partial charge in [0.1, 0.15) is 11.4 Å². The van der Waals surface area contributed by atoms with Gasteiger partial charge in [-0.25, -0.2) is 5.01 Å². The number of carbonyl (C=O) groups is 3. The van der Waals surface area contributed by atoms with E-state index in [0.29, 0.717) is 48.6 Å². The summed E-state index contributed by atoms with van der Waals surface area (Å²) in [6.45, 7) is 0.682. The highest BCUT2D eigenvalue weighted by atomic mass is 16.5. The van der Waals surface area contributed by atoms with Gasteiger partial charge in [0, 0.05) is 37.4 Å². The molecule has 2 amide bonds. The van der Waals surface area contributed by atoms with Gasteiger partial charge in [-0.2, -0.15) is 0 Å². The van der Waals surface area contributed by atoms with E-state index in [2.05, 4.69) is 0 Å². The smallest absolute Gasteiger partial charge is 0.276 e. The lowest BCUT2D eigenvalue weighted by molar-refractivity contribution is -0.310. The molecule has 3 aliphatic rings. The molecule has 2 aromatic rings. The number of rotatable bonds is 7. The average Bonchev–Trinajstić information content (AvgIpc) is 3.24. The molecular formula is C27H29N4O6-. The second kappa shape index (κ2) is 10.2. The zero-order valence-electron chi connectivity index (χ0n) is 20.6. The highest BCUT2D eigenvalue weighted by Crippen LogP contribution is 2.40. The number of hydrogen-bond donors (Lipinski definition) is 1. The summed E-state index contributed by atoms with van der Waals surface area (Å²) in [6.07, 6.45) is 2.73. The van der Waals surface area contributed by atoms with Crippen LogP contribution in [0.5, 0.6) is 5.75 Å². The van der Waals surface area contributed by atoms with Gasteiger partial charge in [-0.3, -0.25) is 14.6 Å². The molecule has 0 spiro atoms. The number of amides is 2. The lowest BCUT2D eigenvalue weighted by Crippen LogP contribution is -2.52. The molecule has 10 nitrogen and oxygen atoms in total. The molecule has 1 saturated heterocycles. The Hall–Kier alpha value is -3.89. The molecule has 3 aliphatic heterocycles. The van der Waals surface area contributed by atoms with E-state index in [4.69, 9.17) is 4.74 Å². The molecule has 1 fully saturated rings. The number of ether oxygens (including phenoxy) is 1. The van der Waals surface area contributed by atoms with Crippen molar-refractivity contribution in [3.05, 3.63) is 59.8 Å². The molecule has 10 heteroatoms. The number of aliphatic hydroxyl groups excluding tert-OH is 1. The van der Waals surface area contributed by atoms with E-state index in [-0.39, 0.29) is 30.7 Å². The molecule has 37 heavy (non-hydrogen) atoms. The Morgan fingerprint density at radius 3 is 2.19 bits per heavy atom. The van der Waals surface area contributed by atoms with E-state index in [1.54, 1.807) is 46.2 Å². The summed E-state index contributed by atoms with van der Waals surface area (Å²) in [7, 11) is 1.55. The summed E-state index contributed by atoms with van der Waals surface area (Å²) in [6, 6.07) is 13.1. The Kier molecular flexibility index (Phi) is 6.86. The summed E-state index contributed by atoms with van der Waals surface area (Å²) in [5.74, 6) is -0.952. The number of carboxylic acids is 1. The number of benzene rings is 2. The number of hydrogen-bond acceptors (Lipinski definition) is 8. The van der Waals surface area contributed by atoms with Crippen LogP contribution in [0.4, 0.5) is 17.1 Å². The van der Waals surface area contributed by atoms with E-state index in [9.17, 15) is 24.6 Å². The maximum Gasteiger partial charge on any atom is 0.276 e. The van der Waals surface area contributed by atoms with Crippen molar-refractivity contribution in [2.75, 3.05) is 48.2 Å². The molecule has 194 valence electrons. The van der Waals surface area contributed by atoms with Gasteiger partial charge in [0.2, 0.25) is 5.91 Å². The first-order valence-corrected chi connectivity index (χ1v) is 12.4. The topological polar surface area (TPSA) is 117 Å². The van der Waals surface area contributed by atoms with Gasteiger partial charge in [0.05, 0.1) is 31.4 Å². The van der Waals surface area contributed by atoms with Gasteiger partial charge >= 0.3 is 0 Å². The van der Waals surface area contributed by atoms with Crippen molar-refractivity contribution in [3.8, 4) is 5.75 Å². The molecule has 3 heterocycles. The lowest BCUT2D eigenvalue weighted by atomic mass is 9.98. The van der Waals surface area contributed by atoms with E-state index in [1.807, 2.05) is 24.3 Å². The third-order valence-corrected chi connectivity index (χ3v) is 7.12. The average molecular weight is 506 g/mol. The molecule has 2 aromatic carbocycles. The summed E-state index contributed by atoms with van der Waals surface area (Å²) < 4.78 is 5.24. The number of carboxylic acid groups (broad SMARTS) is 1. The largest absolute Gasteiger partial charge is 0.548 e. The Labute approximate surface area is 214 Å². The van der Waals surface area contributed by atoms with Gasteiger partial charge in [-0.15, -0.1) is 0 Å². The van der Waals surface area contributed by atoms with E-state index < -0.39 is 12.0 Å². The minimum atomic E-state index is -1.33. The quantitative estimate of drug-likeness (QED) is 0.594. The second-order valence-electron chi connectivity index (χ2n) is 9.22. The van der Waals surface area contributed by atoms with Crippen LogP contribution in [0.2, 0.25) is 0 Å². The number of aliphatic carboxylic acids is 1. The number of aliphatic hydroxyl groups is 1. The van der Waals surface area contributed by atoms with Crippen molar-refractivity contribution in [1.82, 2.24) is 5.01 Å². The Balaban J connectivity index is 1.49. The van der Waals surface area contributed by atoms with Gasteiger partial charge < -0.3 is 29.5 Å². The molecule has 1 unspecified atom stereocenters. The van der Waals surface area contributed by atoms with Crippen LogP contribution in [0.3, 0.4) is 0 Å². The van der Waals surface area contributed by atoms with Crippen molar-refractivity contribution in [3.63, 3.8) is 0 Å². The Morgan fingerprint density at radius 1 is 0.946 bits per heavy atom. The van der Waals surface area contributed by atoms with Crippen LogP contribution in [0.15, 0.2) is 59.8 Å². The standard InChI is InChI=1S/C27H30N4O6/c1-37-21-11-9-20(10-12-21)31-24-22(25(27(35)36)30(31)16-17-32)13-15-29(26(24)34)19-7-5-18(6-8-19)28-14-3-2-4-23(28)33/h5-12,25,32H,2-4,13-17H2,1H3,(H,35,36)/p-1. The number of carbonyl (C=O) groups excluding carboxylic acids is 3. The summed E-state index contributed by atoms with van der Waals surface area (Å²) >= 11 is 0. The van der Waals surface area contributed by atoms with Crippen molar-refractivity contribution in [1.29, 1.82) is 0 Å². The lowest BCUT2D eigenvalue weighted by Gasteiger charge is -2.36. The zero-order valence-corrected chi connectivity index (χ0v) is 20.6. The maximum atomic E-state index is 13.9. The minimum Gasteiger partial charge on any atom is -0.548 e. The molecule has 1 N–H and O–H groups in total. The van der Waals surface area contributed by atoms with Crippen molar-refractivity contribution in [2.45, 2.75) is 31.7 Å². The van der Waals surface area contributed by atoms with Crippen molar-refractivity contribution in [2.24, 2.45) is 0 Å². The molecule has 0 saturated carbocycles. The SMILES string of the molecule is COc1ccc(N2C3=C(CCN(c4ccc(N5CCCCC5=O)cc4)C3=O)C(C(=O)[O-])N2CCO)cc1. The normalized spacial score (nSPS) is 20.5. The first-order valence-electron chi connectivity index (χ1n) is 12.4. The molecule has 0 aromatic heterocycles. The van der Waals surface area contributed by atoms with Crippen LogP contribution in [0.25, 0.3) is 0 Å². The molecular weight excluding hydrogens is 476 g/mol. The fraction of sp³-hybridized carbons (Fsp3) is 0.370. The minimum absolute atomic E-state index is 0.00349. The maximum absolute atomic E-state index is 13.9. The van der Waals surface area contributed by atoms with Crippen LogP contribution >= 0.6 is 0 Å². The van der Waals surface area contributed by atoms with E-state index in [0.717, 1.165) is 18.5 Å². The number of β-amino-alcohol motifs (C(OH)–C–C–N with tert-alkyl or cyclic N) is 1. The first-order chi connectivity index (χ1) is 17.9. The molecule has 5 rings (SSSR count). The fourth-order valence-corrected chi connectivity index (χ4v) is 5.37. The van der Waals surface area contributed by atoms with Crippen LogP contribution < -0.4 is 24.7 Å². The van der Waals surface area contributed by atoms with E-state index >= 15 is 0 Å². The van der Waals surface area contributed by atoms with Crippen molar-refractivity contribution >= 4 is 34.8 Å². The molecule has 1 atom stereocenters. The third kappa shape index (κ3) is 4.42. The van der Waals surface area contributed by atoms with Crippen molar-refractivity contribution < 1.29 is 29.3 Å². The Bertz CT molecular complexity index is 1230. The van der Waals surface area contributed by atoms with Crippen LogP contribution in [-0.2, 0) is 14.4 Å². The predicted octanol–water partition coefficient (Wildman–Crippen LogP) is 1.05. The van der Waals surface area contributed by atoms with Gasteiger partial charge in [0.25, 0.3) is 5.91 Å².